The lowest BCUT2D eigenvalue weighted by atomic mass is 10.1. The number of methoxy groups -OCH3 is 2. The van der Waals surface area contributed by atoms with Crippen LogP contribution in [0.25, 0.3) is 0 Å². The number of benzene rings is 2. The zero-order valence-corrected chi connectivity index (χ0v) is 16.7. The number of carbonyl (C=O) groups is 2. The number of rotatable bonds is 4. The Morgan fingerprint density at radius 1 is 0.893 bits per heavy atom. The summed E-state index contributed by atoms with van der Waals surface area (Å²) in [4.78, 5) is 42.2. The molecule has 0 saturated carbocycles. The number of hydrogen-bond acceptors (Lipinski definition) is 9. The highest BCUT2D eigenvalue weighted by atomic mass is 127. The lowest BCUT2D eigenvalue weighted by Crippen LogP contribution is -2.08. The van der Waals surface area contributed by atoms with Crippen molar-refractivity contribution in [3.63, 3.8) is 0 Å². The molecule has 0 radical (unpaired) electrons. The minimum Gasteiger partial charge on any atom is -0.465 e. The number of nitro benzene ring substituents is 2. The molecule has 0 atom stereocenters. The third-order valence-corrected chi connectivity index (χ3v) is 4.14. The van der Waals surface area contributed by atoms with E-state index >= 15 is 0 Å². The number of nitro groups is 2. The van der Waals surface area contributed by atoms with Crippen LogP contribution in [0.4, 0.5) is 17.1 Å². The molecule has 0 spiro atoms. The molecule has 2 aromatic carbocycles. The summed E-state index contributed by atoms with van der Waals surface area (Å²) in [6.07, 6.45) is 0. The van der Waals surface area contributed by atoms with E-state index in [1.54, 1.807) is 6.07 Å². The van der Waals surface area contributed by atoms with Gasteiger partial charge in [0.2, 0.25) is 0 Å². The Labute approximate surface area is 171 Å². The summed E-state index contributed by atoms with van der Waals surface area (Å²) in [6.45, 7) is 0. The zero-order chi connectivity index (χ0) is 21.4. The molecule has 148 valence electrons. The molecule has 0 aliphatic rings. The molecule has 2 aromatic rings. The summed E-state index contributed by atoms with van der Waals surface area (Å²) in [7, 11) is 2.33. The lowest BCUT2D eigenvalue weighted by Gasteiger charge is -2.03. The highest BCUT2D eigenvalue weighted by Crippen LogP contribution is 2.25. The molecule has 2 N–H and O–H groups in total. The molecule has 0 aliphatic carbocycles. The van der Waals surface area contributed by atoms with Crippen LogP contribution in [-0.4, -0.2) is 36.0 Å². The first-order valence-corrected chi connectivity index (χ1v) is 8.35. The van der Waals surface area contributed by atoms with E-state index in [-0.39, 0.29) is 28.2 Å². The van der Waals surface area contributed by atoms with E-state index in [0.29, 0.717) is 3.57 Å². The highest BCUT2D eigenvalue weighted by molar-refractivity contribution is 14.1. The van der Waals surface area contributed by atoms with Gasteiger partial charge in [0.25, 0.3) is 11.4 Å². The molecule has 0 aliphatic heterocycles. The summed E-state index contributed by atoms with van der Waals surface area (Å²) < 4.78 is 9.35. The number of nitrogen functional groups attached to an aromatic ring is 1. The number of ether oxygens (including phenoxy) is 2. The van der Waals surface area contributed by atoms with Crippen LogP contribution in [0.15, 0.2) is 36.4 Å². The molecule has 0 unspecified atom stereocenters. The van der Waals surface area contributed by atoms with E-state index in [1.807, 2.05) is 22.6 Å². The number of carbonyl (C=O) groups excluding carboxylic acids is 2. The average molecular weight is 503 g/mol. The van der Waals surface area contributed by atoms with Crippen LogP contribution in [0, 0.1) is 23.8 Å². The van der Waals surface area contributed by atoms with Crippen LogP contribution >= 0.6 is 22.6 Å². The summed E-state index contributed by atoms with van der Waals surface area (Å²) in [5, 5.41) is 21.1. The Kier molecular flexibility index (Phi) is 8.25. The van der Waals surface area contributed by atoms with E-state index in [2.05, 4.69) is 9.47 Å². The van der Waals surface area contributed by atoms with Crippen molar-refractivity contribution in [3.05, 3.63) is 71.3 Å². The van der Waals surface area contributed by atoms with Gasteiger partial charge in [-0.3, -0.25) is 20.2 Å². The number of nitrogens with zero attached hydrogens (tertiary/aromatic N) is 2. The van der Waals surface area contributed by atoms with Crippen LogP contribution in [0.3, 0.4) is 0 Å². The van der Waals surface area contributed by atoms with E-state index < -0.39 is 21.8 Å². The van der Waals surface area contributed by atoms with Gasteiger partial charge >= 0.3 is 11.9 Å². The van der Waals surface area contributed by atoms with Gasteiger partial charge < -0.3 is 15.2 Å². The molecule has 11 nitrogen and oxygen atoms in total. The van der Waals surface area contributed by atoms with E-state index in [4.69, 9.17) is 5.73 Å². The van der Waals surface area contributed by atoms with Crippen LogP contribution in [-0.2, 0) is 9.47 Å². The Bertz CT molecular complexity index is 857. The Morgan fingerprint density at radius 3 is 1.79 bits per heavy atom. The second-order valence-electron chi connectivity index (χ2n) is 4.87. The smallest absolute Gasteiger partial charge is 0.347 e. The van der Waals surface area contributed by atoms with Gasteiger partial charge in [-0.2, -0.15) is 0 Å². The molecule has 0 bridgehead atoms. The molecule has 0 aromatic heterocycles. The van der Waals surface area contributed by atoms with Gasteiger partial charge in [-0.05, 0) is 34.7 Å². The first-order chi connectivity index (χ1) is 13.1. The molecular formula is C16H14IN3O8. The first kappa shape index (κ1) is 22.8. The fraction of sp³-hybridized carbons (Fsp3) is 0.125. The monoisotopic (exact) mass is 503 g/mol. The minimum absolute atomic E-state index is 0.000556. The summed E-state index contributed by atoms with van der Waals surface area (Å²) in [6, 6.07) is 8.41. The second-order valence-corrected chi connectivity index (χ2v) is 6.03. The molecule has 28 heavy (non-hydrogen) atoms. The van der Waals surface area contributed by atoms with Crippen molar-refractivity contribution in [2.45, 2.75) is 0 Å². The minimum atomic E-state index is -0.810. The summed E-state index contributed by atoms with van der Waals surface area (Å²) >= 11 is 1.85. The summed E-state index contributed by atoms with van der Waals surface area (Å²) in [5.74, 6) is -1.50. The number of halogens is 1. The van der Waals surface area contributed by atoms with Gasteiger partial charge in [-0.1, -0.05) is 12.1 Å². The normalized spacial score (nSPS) is 9.54. The van der Waals surface area contributed by atoms with Crippen molar-refractivity contribution in [2.24, 2.45) is 0 Å². The number of anilines is 1. The molecule has 12 heteroatoms. The molecular weight excluding hydrogens is 489 g/mol. The van der Waals surface area contributed by atoms with Crippen LogP contribution in [0.5, 0.6) is 0 Å². The highest BCUT2D eigenvalue weighted by Gasteiger charge is 2.24. The van der Waals surface area contributed by atoms with E-state index in [1.165, 1.54) is 37.4 Å². The maximum atomic E-state index is 11.2. The Hall–Kier alpha value is -3.29. The molecule has 0 amide bonds. The first-order valence-electron chi connectivity index (χ1n) is 7.28. The third-order valence-electron chi connectivity index (χ3n) is 3.24. The Balaban J connectivity index is 0.000000280. The van der Waals surface area contributed by atoms with Gasteiger partial charge in [0, 0.05) is 15.7 Å². The van der Waals surface area contributed by atoms with Crippen molar-refractivity contribution in [2.75, 3.05) is 20.0 Å². The van der Waals surface area contributed by atoms with E-state index in [0.717, 1.165) is 7.11 Å². The van der Waals surface area contributed by atoms with Crippen molar-refractivity contribution >= 4 is 51.6 Å². The van der Waals surface area contributed by atoms with Gasteiger partial charge in [0.05, 0.1) is 29.8 Å². The lowest BCUT2D eigenvalue weighted by molar-refractivity contribution is -0.385. The second kappa shape index (κ2) is 10.1. The molecule has 0 heterocycles. The van der Waals surface area contributed by atoms with E-state index in [9.17, 15) is 29.8 Å². The van der Waals surface area contributed by atoms with Gasteiger partial charge in [-0.15, -0.1) is 0 Å². The van der Waals surface area contributed by atoms with Crippen molar-refractivity contribution < 1.29 is 28.9 Å². The Morgan fingerprint density at radius 2 is 1.32 bits per heavy atom. The quantitative estimate of drug-likeness (QED) is 0.217. The SMILES string of the molecule is COC(=O)c1c(I)cccc1[N+](=O)[O-].COC(=O)c1c(N)cccc1[N+](=O)[O-]. The van der Waals surface area contributed by atoms with Crippen LogP contribution in [0.1, 0.15) is 20.7 Å². The van der Waals surface area contributed by atoms with Gasteiger partial charge in [-0.25, -0.2) is 9.59 Å². The van der Waals surface area contributed by atoms with Crippen molar-refractivity contribution in [3.8, 4) is 0 Å². The van der Waals surface area contributed by atoms with Crippen molar-refractivity contribution in [1.29, 1.82) is 0 Å². The van der Waals surface area contributed by atoms with Crippen molar-refractivity contribution in [1.82, 2.24) is 0 Å². The topological polar surface area (TPSA) is 165 Å². The molecule has 0 saturated heterocycles. The number of hydrogen-bond donors (Lipinski definition) is 1. The summed E-state index contributed by atoms with van der Waals surface area (Å²) in [5.41, 5.74) is 4.67. The molecule has 0 fully saturated rings. The maximum Gasteiger partial charge on any atom is 0.347 e. The fourth-order valence-electron chi connectivity index (χ4n) is 2.00. The van der Waals surface area contributed by atoms with Crippen LogP contribution < -0.4 is 5.73 Å². The number of esters is 2. The predicted octanol–water partition coefficient (Wildman–Crippen LogP) is 2.95. The fourth-order valence-corrected chi connectivity index (χ4v) is 2.71. The zero-order valence-electron chi connectivity index (χ0n) is 14.6. The standard InChI is InChI=1S/C8H6INO4.C8H8N2O4/c2*1-14-8(11)7-5(9)3-2-4-6(7)10(12)13/h2-4H,1H3;2-4H,9H2,1H3. The largest absolute Gasteiger partial charge is 0.465 e. The van der Waals surface area contributed by atoms with Crippen LogP contribution in [0.2, 0.25) is 0 Å². The maximum absolute atomic E-state index is 11.2. The predicted molar refractivity (Wildman–Crippen MR) is 106 cm³/mol. The third kappa shape index (κ3) is 5.35. The van der Waals surface area contributed by atoms with Gasteiger partial charge in [0.1, 0.15) is 0 Å². The average Bonchev–Trinajstić information content (AvgIpc) is 2.66. The molecule has 2 rings (SSSR count). The number of nitrogens with two attached hydrogens (primary N) is 1. The van der Waals surface area contributed by atoms with Gasteiger partial charge in [0.15, 0.2) is 11.1 Å².